The number of aryl methyl sites for hydroxylation is 1. The first-order valence-electron chi connectivity index (χ1n) is 8.06. The summed E-state index contributed by atoms with van der Waals surface area (Å²) in [7, 11) is -3.76. The molecular formula is C18H24ClN3O3S. The Balaban J connectivity index is 0.00000338. The average Bonchev–Trinajstić information content (AvgIpc) is 2.61. The van der Waals surface area contributed by atoms with Gasteiger partial charge in [-0.1, -0.05) is 35.9 Å². The highest BCUT2D eigenvalue weighted by atomic mass is 35.5. The number of hydrogen-bond donors (Lipinski definition) is 2. The van der Waals surface area contributed by atoms with Crippen LogP contribution in [0.25, 0.3) is 0 Å². The zero-order valence-electron chi connectivity index (χ0n) is 14.6. The van der Waals surface area contributed by atoms with Gasteiger partial charge in [-0.15, -0.1) is 12.4 Å². The number of nitrogens with one attached hydrogen (secondary N) is 1. The summed E-state index contributed by atoms with van der Waals surface area (Å²) < 4.78 is 27.4. The highest BCUT2D eigenvalue weighted by molar-refractivity contribution is 7.92. The van der Waals surface area contributed by atoms with E-state index in [0.717, 1.165) is 5.56 Å². The van der Waals surface area contributed by atoms with E-state index in [0.29, 0.717) is 18.8 Å². The van der Waals surface area contributed by atoms with Gasteiger partial charge in [-0.3, -0.25) is 9.10 Å². The molecule has 26 heavy (non-hydrogen) atoms. The normalized spacial score (nSPS) is 10.7. The number of hydrogen-bond acceptors (Lipinski definition) is 4. The first-order chi connectivity index (χ1) is 11.9. The molecule has 0 bridgehead atoms. The van der Waals surface area contributed by atoms with Crippen molar-refractivity contribution in [3.63, 3.8) is 0 Å². The third-order valence-corrected chi connectivity index (χ3v) is 5.50. The Kier molecular flexibility index (Phi) is 8.57. The summed E-state index contributed by atoms with van der Waals surface area (Å²) in [5.74, 6) is -0.231. The molecule has 0 aliphatic heterocycles. The van der Waals surface area contributed by atoms with Gasteiger partial charge in [0.1, 0.15) is 0 Å². The first-order valence-corrected chi connectivity index (χ1v) is 9.50. The molecule has 1 amide bonds. The molecule has 0 radical (unpaired) electrons. The molecule has 0 fully saturated rings. The van der Waals surface area contributed by atoms with Gasteiger partial charge in [0.05, 0.1) is 10.6 Å². The number of nitrogens with zero attached hydrogens (tertiary/aromatic N) is 1. The Morgan fingerprint density at radius 1 is 1.08 bits per heavy atom. The van der Waals surface area contributed by atoms with Crippen molar-refractivity contribution in [1.82, 2.24) is 5.32 Å². The van der Waals surface area contributed by atoms with Crippen molar-refractivity contribution in [1.29, 1.82) is 0 Å². The van der Waals surface area contributed by atoms with Crippen LogP contribution in [0.3, 0.4) is 0 Å². The number of nitrogens with two attached hydrogens (primary N) is 1. The summed E-state index contributed by atoms with van der Waals surface area (Å²) in [6, 6.07) is 15.4. The van der Waals surface area contributed by atoms with E-state index >= 15 is 0 Å². The van der Waals surface area contributed by atoms with E-state index in [4.69, 9.17) is 5.73 Å². The maximum atomic E-state index is 13.0. The van der Waals surface area contributed by atoms with Crippen molar-refractivity contribution in [2.24, 2.45) is 5.73 Å². The largest absolute Gasteiger partial charge is 0.355 e. The molecule has 6 nitrogen and oxygen atoms in total. The maximum absolute atomic E-state index is 13.0. The lowest BCUT2D eigenvalue weighted by atomic mass is 10.2. The van der Waals surface area contributed by atoms with Gasteiger partial charge in [-0.2, -0.15) is 0 Å². The van der Waals surface area contributed by atoms with Gasteiger partial charge < -0.3 is 11.1 Å². The van der Waals surface area contributed by atoms with E-state index in [1.54, 1.807) is 48.5 Å². The van der Waals surface area contributed by atoms with Crippen molar-refractivity contribution >= 4 is 34.0 Å². The molecule has 2 aromatic carbocycles. The van der Waals surface area contributed by atoms with E-state index in [1.165, 1.54) is 4.31 Å². The standard InChI is InChI=1S/C18H23N3O3S.ClH/c1-15-7-9-17(10-8-15)25(23,24)21(16-5-3-2-4-6-16)14-11-18(22)20-13-12-19;/h2-10H,11-14,19H2,1H3,(H,20,22);1H. The molecule has 0 saturated heterocycles. The Hall–Kier alpha value is -2.09. The summed E-state index contributed by atoms with van der Waals surface area (Å²) in [5, 5.41) is 2.65. The fraction of sp³-hybridized carbons (Fsp3) is 0.278. The summed E-state index contributed by atoms with van der Waals surface area (Å²) >= 11 is 0. The fourth-order valence-electron chi connectivity index (χ4n) is 2.32. The lowest BCUT2D eigenvalue weighted by molar-refractivity contribution is -0.120. The van der Waals surface area contributed by atoms with E-state index in [2.05, 4.69) is 5.32 Å². The Morgan fingerprint density at radius 3 is 2.27 bits per heavy atom. The molecular weight excluding hydrogens is 374 g/mol. The minimum absolute atomic E-state index is 0. The molecule has 0 saturated carbocycles. The van der Waals surface area contributed by atoms with Gasteiger partial charge in [-0.25, -0.2) is 8.42 Å². The second-order valence-electron chi connectivity index (χ2n) is 5.61. The van der Waals surface area contributed by atoms with E-state index < -0.39 is 10.0 Å². The maximum Gasteiger partial charge on any atom is 0.264 e. The fourth-order valence-corrected chi connectivity index (χ4v) is 3.79. The zero-order chi connectivity index (χ0) is 18.3. The smallest absolute Gasteiger partial charge is 0.264 e. The van der Waals surface area contributed by atoms with Crippen LogP contribution in [0.5, 0.6) is 0 Å². The summed E-state index contributed by atoms with van der Waals surface area (Å²) in [6.07, 6.45) is 0.0555. The van der Waals surface area contributed by atoms with Crippen LogP contribution in [0.1, 0.15) is 12.0 Å². The molecule has 0 spiro atoms. The number of carbonyl (C=O) groups excluding carboxylic acids is 1. The average molecular weight is 398 g/mol. The zero-order valence-corrected chi connectivity index (χ0v) is 16.2. The van der Waals surface area contributed by atoms with Crippen molar-refractivity contribution in [2.45, 2.75) is 18.2 Å². The van der Waals surface area contributed by atoms with Gasteiger partial charge in [0.2, 0.25) is 5.91 Å². The Labute approximate surface area is 160 Å². The lowest BCUT2D eigenvalue weighted by Crippen LogP contribution is -2.36. The van der Waals surface area contributed by atoms with Crippen LogP contribution in [0.15, 0.2) is 59.5 Å². The summed E-state index contributed by atoms with van der Waals surface area (Å²) in [4.78, 5) is 12.1. The van der Waals surface area contributed by atoms with Crippen LogP contribution in [0, 0.1) is 6.92 Å². The van der Waals surface area contributed by atoms with Crippen LogP contribution < -0.4 is 15.4 Å². The minimum Gasteiger partial charge on any atom is -0.355 e. The number of halogens is 1. The van der Waals surface area contributed by atoms with Crippen molar-refractivity contribution in [2.75, 3.05) is 23.9 Å². The molecule has 0 aliphatic carbocycles. The lowest BCUT2D eigenvalue weighted by Gasteiger charge is -2.24. The van der Waals surface area contributed by atoms with Crippen molar-refractivity contribution in [3.8, 4) is 0 Å². The van der Waals surface area contributed by atoms with Gasteiger partial charge in [0.15, 0.2) is 0 Å². The molecule has 142 valence electrons. The first kappa shape index (κ1) is 22.0. The monoisotopic (exact) mass is 397 g/mol. The van der Waals surface area contributed by atoms with Crippen LogP contribution in [-0.4, -0.2) is 34.0 Å². The highest BCUT2D eigenvalue weighted by Gasteiger charge is 2.25. The van der Waals surface area contributed by atoms with Gasteiger partial charge in [-0.05, 0) is 31.2 Å². The number of sulfonamides is 1. The molecule has 0 aliphatic rings. The quantitative estimate of drug-likeness (QED) is 0.713. The highest BCUT2D eigenvalue weighted by Crippen LogP contribution is 2.24. The minimum atomic E-state index is -3.76. The van der Waals surface area contributed by atoms with E-state index in [1.807, 2.05) is 13.0 Å². The Morgan fingerprint density at radius 2 is 1.69 bits per heavy atom. The van der Waals surface area contributed by atoms with Gasteiger partial charge in [0.25, 0.3) is 10.0 Å². The van der Waals surface area contributed by atoms with Crippen molar-refractivity contribution in [3.05, 3.63) is 60.2 Å². The molecule has 0 unspecified atom stereocenters. The number of para-hydroxylation sites is 1. The third-order valence-electron chi connectivity index (χ3n) is 3.66. The second kappa shape index (κ2) is 10.2. The van der Waals surface area contributed by atoms with Crippen LogP contribution >= 0.6 is 12.4 Å². The molecule has 8 heteroatoms. The van der Waals surface area contributed by atoms with Crippen LogP contribution in [0.2, 0.25) is 0 Å². The van der Waals surface area contributed by atoms with Gasteiger partial charge in [0, 0.05) is 26.1 Å². The predicted molar refractivity (Wildman–Crippen MR) is 106 cm³/mol. The predicted octanol–water partition coefficient (Wildman–Crippen LogP) is 2.08. The SMILES string of the molecule is Cc1ccc(S(=O)(=O)N(CCC(=O)NCCN)c2ccccc2)cc1.Cl. The third kappa shape index (κ3) is 5.72. The van der Waals surface area contributed by atoms with Crippen LogP contribution in [-0.2, 0) is 14.8 Å². The molecule has 2 aromatic rings. The molecule has 0 heterocycles. The summed E-state index contributed by atoms with van der Waals surface area (Å²) in [6.45, 7) is 2.66. The molecule has 3 N–H and O–H groups in total. The molecule has 0 atom stereocenters. The number of anilines is 1. The number of rotatable bonds is 8. The number of amides is 1. The van der Waals surface area contributed by atoms with E-state index in [-0.39, 0.29) is 36.2 Å². The summed E-state index contributed by atoms with van der Waals surface area (Å²) in [5.41, 5.74) is 6.86. The second-order valence-corrected chi connectivity index (χ2v) is 7.48. The van der Waals surface area contributed by atoms with Crippen molar-refractivity contribution < 1.29 is 13.2 Å². The molecule has 2 rings (SSSR count). The number of benzene rings is 2. The van der Waals surface area contributed by atoms with Gasteiger partial charge >= 0.3 is 0 Å². The topological polar surface area (TPSA) is 92.5 Å². The number of carbonyl (C=O) groups is 1. The Bertz CT molecular complexity index is 796. The van der Waals surface area contributed by atoms with Crippen LogP contribution in [0.4, 0.5) is 5.69 Å². The molecule has 0 aromatic heterocycles. The van der Waals surface area contributed by atoms with E-state index in [9.17, 15) is 13.2 Å².